The van der Waals surface area contributed by atoms with Gasteiger partial charge in [0, 0.05) is 48.4 Å². The van der Waals surface area contributed by atoms with E-state index in [-0.39, 0.29) is 35.1 Å². The minimum atomic E-state index is -4.52. The zero-order chi connectivity index (χ0) is 32.7. The van der Waals surface area contributed by atoms with Gasteiger partial charge in [0.2, 0.25) is 11.8 Å². The molecule has 0 spiro atoms. The number of thiazole rings is 1. The number of hydrogen-bond donors (Lipinski definition) is 1. The van der Waals surface area contributed by atoms with E-state index in [9.17, 15) is 31.6 Å². The van der Waals surface area contributed by atoms with Crippen LogP contribution in [0.3, 0.4) is 0 Å². The molecule has 1 N–H and O–H groups in total. The molecule has 2 saturated carbocycles. The van der Waals surface area contributed by atoms with Crippen LogP contribution in [-0.2, 0) is 14.6 Å². The number of nitrogens with one attached hydrogen (secondary N) is 1. The third-order valence-electron chi connectivity index (χ3n) is 9.01. The zero-order valence-electron chi connectivity index (χ0n) is 25.2. The highest BCUT2D eigenvalue weighted by molar-refractivity contribution is 7.91. The summed E-state index contributed by atoms with van der Waals surface area (Å²) in [5.74, 6) is -0.618. The van der Waals surface area contributed by atoms with Gasteiger partial charge in [0.05, 0.1) is 28.1 Å². The van der Waals surface area contributed by atoms with Crippen LogP contribution in [0.2, 0.25) is 0 Å². The summed E-state index contributed by atoms with van der Waals surface area (Å²) in [7, 11) is -3.02. The van der Waals surface area contributed by atoms with Crippen molar-refractivity contribution in [2.24, 2.45) is 5.92 Å². The van der Waals surface area contributed by atoms with Crippen molar-refractivity contribution < 1.29 is 31.1 Å². The van der Waals surface area contributed by atoms with Crippen LogP contribution in [-0.4, -0.2) is 66.7 Å². The summed E-state index contributed by atoms with van der Waals surface area (Å²) in [5.41, 5.74) is 2.40. The quantitative estimate of drug-likeness (QED) is 0.314. The molecule has 3 unspecified atom stereocenters. The number of pyridine rings is 1. The lowest BCUT2D eigenvalue weighted by Gasteiger charge is -2.31. The Bertz CT molecular complexity index is 1720. The lowest BCUT2D eigenvalue weighted by Crippen LogP contribution is -2.42. The van der Waals surface area contributed by atoms with Crippen molar-refractivity contribution in [2.75, 3.05) is 29.5 Å². The van der Waals surface area contributed by atoms with Gasteiger partial charge in [-0.05, 0) is 56.4 Å². The highest BCUT2D eigenvalue weighted by Gasteiger charge is 2.47. The topological polar surface area (TPSA) is 125 Å². The maximum atomic E-state index is 13.5. The third kappa shape index (κ3) is 7.00. The van der Waals surface area contributed by atoms with Crippen molar-refractivity contribution in [2.45, 2.75) is 69.2 Å². The highest BCUT2D eigenvalue weighted by Crippen LogP contribution is 2.47. The Morgan fingerprint density at radius 3 is 2.39 bits per heavy atom. The predicted molar refractivity (Wildman–Crippen MR) is 168 cm³/mol. The van der Waals surface area contributed by atoms with Crippen LogP contribution in [0.5, 0.6) is 5.88 Å². The number of aromatic nitrogens is 2. The van der Waals surface area contributed by atoms with Crippen LogP contribution in [0.15, 0.2) is 42.6 Å². The lowest BCUT2D eigenvalue weighted by molar-refractivity contribution is -0.189. The fourth-order valence-corrected chi connectivity index (χ4v) is 8.36. The molecule has 6 rings (SSSR count). The van der Waals surface area contributed by atoms with E-state index in [1.54, 1.807) is 6.07 Å². The van der Waals surface area contributed by atoms with E-state index in [4.69, 9.17) is 9.72 Å². The number of benzene rings is 1. The second-order valence-electron chi connectivity index (χ2n) is 12.3. The van der Waals surface area contributed by atoms with Crippen molar-refractivity contribution in [1.82, 2.24) is 15.3 Å². The standard InChI is InChI=1S/C32H34F3N5O4S2/c1-20(32(33,34)35)44-26-11-8-22(18-37-26)30-38-27(24-4-2-3-5-25(24)29(41)39-31(19-36)12-13-31)28(45-30)21-6-9-23(10-7-21)40-14-16-46(42,43)17-15-40/h6-11,18,20,24-25H,2-5,12-17H2,1H3,(H,39,41). The molecule has 1 saturated heterocycles. The first-order valence-electron chi connectivity index (χ1n) is 15.4. The molecule has 46 heavy (non-hydrogen) atoms. The number of sulfone groups is 1. The number of rotatable bonds is 8. The van der Waals surface area contributed by atoms with Crippen LogP contribution >= 0.6 is 11.3 Å². The van der Waals surface area contributed by atoms with Gasteiger partial charge in [0.25, 0.3) is 0 Å². The summed E-state index contributed by atoms with van der Waals surface area (Å²) < 4.78 is 67.8. The first-order valence-corrected chi connectivity index (χ1v) is 18.0. The first kappa shape index (κ1) is 32.2. The molecule has 2 aliphatic carbocycles. The van der Waals surface area contributed by atoms with Crippen molar-refractivity contribution in [3.63, 3.8) is 0 Å². The SMILES string of the molecule is CC(Oc1ccc(-c2nc(C3CCCCC3C(=O)NC3(C#N)CC3)c(-c3ccc(N4CCS(=O)(=O)CC4)cc3)s2)cn1)C(F)(F)F. The molecular weight excluding hydrogens is 640 g/mol. The van der Waals surface area contributed by atoms with Crippen LogP contribution in [0, 0.1) is 17.2 Å². The molecule has 244 valence electrons. The summed E-state index contributed by atoms with van der Waals surface area (Å²) in [6, 6.07) is 13.1. The Morgan fingerprint density at radius 2 is 1.78 bits per heavy atom. The highest BCUT2D eigenvalue weighted by atomic mass is 32.2. The van der Waals surface area contributed by atoms with Crippen LogP contribution in [0.25, 0.3) is 21.0 Å². The Balaban J connectivity index is 1.32. The van der Waals surface area contributed by atoms with E-state index in [1.807, 2.05) is 29.2 Å². The van der Waals surface area contributed by atoms with Crippen molar-refractivity contribution in [3.8, 4) is 33.0 Å². The molecule has 3 aromatic rings. The molecule has 2 aromatic heterocycles. The first-order chi connectivity index (χ1) is 21.9. The van der Waals surface area contributed by atoms with Gasteiger partial charge >= 0.3 is 6.18 Å². The van der Waals surface area contributed by atoms with Gasteiger partial charge in [-0.2, -0.15) is 18.4 Å². The number of amides is 1. The predicted octanol–water partition coefficient (Wildman–Crippen LogP) is 5.88. The van der Waals surface area contributed by atoms with E-state index in [0.717, 1.165) is 48.0 Å². The van der Waals surface area contributed by atoms with E-state index in [0.29, 0.717) is 42.9 Å². The van der Waals surface area contributed by atoms with Gasteiger partial charge in [0.15, 0.2) is 15.9 Å². The van der Waals surface area contributed by atoms with E-state index >= 15 is 0 Å². The second-order valence-corrected chi connectivity index (χ2v) is 15.6. The number of carbonyl (C=O) groups excluding carboxylic acids is 1. The summed E-state index contributed by atoms with van der Waals surface area (Å²) >= 11 is 1.42. The minimum absolute atomic E-state index is 0.113. The molecular formula is C32H34F3N5O4S2. The Hall–Kier alpha value is -3.70. The van der Waals surface area contributed by atoms with Gasteiger partial charge < -0.3 is 15.0 Å². The number of alkyl halides is 3. The third-order valence-corrected chi connectivity index (χ3v) is 11.8. The Labute approximate surface area is 269 Å². The van der Waals surface area contributed by atoms with Crippen LogP contribution in [0.4, 0.5) is 18.9 Å². The molecule has 3 heterocycles. The second kappa shape index (κ2) is 12.5. The van der Waals surface area contributed by atoms with Gasteiger partial charge in [-0.15, -0.1) is 11.3 Å². The molecule has 3 atom stereocenters. The van der Waals surface area contributed by atoms with Gasteiger partial charge in [0.1, 0.15) is 10.5 Å². The summed E-state index contributed by atoms with van der Waals surface area (Å²) in [6.45, 7) is 1.77. The molecule has 1 aliphatic heterocycles. The van der Waals surface area contributed by atoms with Crippen molar-refractivity contribution in [1.29, 1.82) is 5.26 Å². The number of carbonyl (C=O) groups is 1. The fraction of sp³-hybridized carbons (Fsp3) is 0.500. The fourth-order valence-electron chi connectivity index (χ4n) is 6.02. The number of nitriles is 1. The maximum Gasteiger partial charge on any atom is 0.425 e. The summed E-state index contributed by atoms with van der Waals surface area (Å²) in [4.78, 5) is 25.6. The number of hydrogen-bond acceptors (Lipinski definition) is 9. The van der Waals surface area contributed by atoms with E-state index < -0.39 is 27.7 Å². The number of anilines is 1. The van der Waals surface area contributed by atoms with Crippen molar-refractivity contribution >= 4 is 32.8 Å². The largest absolute Gasteiger partial charge is 0.465 e. The van der Waals surface area contributed by atoms with E-state index in [2.05, 4.69) is 16.4 Å². The zero-order valence-corrected chi connectivity index (χ0v) is 26.8. The molecule has 1 amide bonds. The average molecular weight is 674 g/mol. The average Bonchev–Trinajstić information content (AvgIpc) is 3.67. The maximum absolute atomic E-state index is 13.5. The Kier molecular flexibility index (Phi) is 8.75. The molecule has 3 aliphatic rings. The number of ether oxygens (including phenoxy) is 1. The van der Waals surface area contributed by atoms with Crippen LogP contribution in [0.1, 0.15) is 57.1 Å². The van der Waals surface area contributed by atoms with Gasteiger partial charge in [-0.3, -0.25) is 4.79 Å². The smallest absolute Gasteiger partial charge is 0.425 e. The lowest BCUT2D eigenvalue weighted by atomic mass is 9.76. The summed E-state index contributed by atoms with van der Waals surface area (Å²) in [5, 5.41) is 13.2. The van der Waals surface area contributed by atoms with Gasteiger partial charge in [-0.1, -0.05) is 25.0 Å². The Morgan fingerprint density at radius 1 is 1.11 bits per heavy atom. The number of nitrogens with zero attached hydrogens (tertiary/aromatic N) is 4. The molecule has 14 heteroatoms. The summed E-state index contributed by atoms with van der Waals surface area (Å²) in [6.07, 6.45) is -0.574. The molecule has 9 nitrogen and oxygen atoms in total. The molecule has 3 fully saturated rings. The minimum Gasteiger partial charge on any atom is -0.465 e. The number of halogens is 3. The van der Waals surface area contributed by atoms with Crippen molar-refractivity contribution in [3.05, 3.63) is 48.3 Å². The van der Waals surface area contributed by atoms with Gasteiger partial charge in [-0.25, -0.2) is 18.4 Å². The molecule has 0 bridgehead atoms. The molecule has 0 radical (unpaired) electrons. The normalized spacial score (nSPS) is 22.8. The monoisotopic (exact) mass is 673 g/mol. The van der Waals surface area contributed by atoms with Crippen LogP contribution < -0.4 is 15.0 Å². The molecule has 1 aromatic carbocycles. The van der Waals surface area contributed by atoms with E-state index in [1.165, 1.54) is 23.6 Å².